The van der Waals surface area contributed by atoms with Gasteiger partial charge in [-0.3, -0.25) is 4.98 Å². The van der Waals surface area contributed by atoms with E-state index in [2.05, 4.69) is 61.8 Å². The first-order valence-electron chi connectivity index (χ1n) is 17.9. The Hall–Kier alpha value is -5.79. The number of aliphatic carboxylic acids is 3. The van der Waals surface area contributed by atoms with Crippen LogP contribution in [0.25, 0.3) is 0 Å². The number of alkyl halides is 9. The van der Waals surface area contributed by atoms with Crippen molar-refractivity contribution in [1.82, 2.24) is 24.2 Å². The van der Waals surface area contributed by atoms with Crippen LogP contribution in [0, 0.1) is 5.92 Å². The van der Waals surface area contributed by atoms with E-state index in [9.17, 15) is 47.9 Å². The molecular formula is C37H37ClF9N7O8S. The number of carbonyl (C=O) groups is 3. The Kier molecular flexibility index (Phi) is 18.0. The number of aryl methyl sites for hydroxylation is 2. The molecule has 26 heteroatoms. The van der Waals surface area contributed by atoms with Crippen molar-refractivity contribution in [3.8, 4) is 0 Å². The molecule has 5 N–H and O–H groups in total. The Morgan fingerprint density at radius 1 is 0.794 bits per heavy atom. The van der Waals surface area contributed by atoms with Gasteiger partial charge in [-0.2, -0.15) is 48.8 Å². The maximum Gasteiger partial charge on any atom is 0.490 e. The number of hydrogen-bond acceptors (Lipinski definition) is 11. The van der Waals surface area contributed by atoms with Gasteiger partial charge in [-0.05, 0) is 85.7 Å². The first kappa shape index (κ1) is 51.6. The molecule has 344 valence electrons. The summed E-state index contributed by atoms with van der Waals surface area (Å²) in [7, 11) is -1.29. The van der Waals surface area contributed by atoms with Crippen LogP contribution in [0.2, 0.25) is 5.02 Å². The van der Waals surface area contributed by atoms with Crippen LogP contribution in [0.4, 0.5) is 62.7 Å². The fraction of sp³-hybridized carbons (Fsp3) is 0.351. The van der Waals surface area contributed by atoms with Gasteiger partial charge in [0.1, 0.15) is 5.02 Å². The predicted octanol–water partition coefficient (Wildman–Crippen LogP) is 7.54. The Balaban J connectivity index is 0.000000416. The lowest BCUT2D eigenvalue weighted by molar-refractivity contribution is -0.193. The molecule has 6 bridgehead atoms. The second-order valence-corrected chi connectivity index (χ2v) is 15.8. The van der Waals surface area contributed by atoms with E-state index in [1.54, 1.807) is 41.0 Å². The number of aromatic nitrogens is 3. The van der Waals surface area contributed by atoms with Gasteiger partial charge in [0, 0.05) is 38.1 Å². The number of carboxylic acid groups (broad SMARTS) is 3. The van der Waals surface area contributed by atoms with E-state index in [-0.39, 0.29) is 0 Å². The number of halogens is 10. The molecule has 2 aliphatic rings. The number of nitrogens with one attached hydrogen (secondary N) is 2. The van der Waals surface area contributed by atoms with Crippen molar-refractivity contribution in [2.75, 3.05) is 37.3 Å². The monoisotopic (exact) mass is 945 g/mol. The highest BCUT2D eigenvalue weighted by molar-refractivity contribution is 7.89. The third-order valence-corrected chi connectivity index (χ3v) is 10.8. The summed E-state index contributed by atoms with van der Waals surface area (Å²) in [6.45, 7) is 2.82. The average molecular weight is 946 g/mol. The average Bonchev–Trinajstić information content (AvgIpc) is 3.19. The largest absolute Gasteiger partial charge is 0.490 e. The zero-order valence-corrected chi connectivity index (χ0v) is 34.0. The predicted molar refractivity (Wildman–Crippen MR) is 207 cm³/mol. The summed E-state index contributed by atoms with van der Waals surface area (Å²) in [6.07, 6.45) is -6.60. The smallest absolute Gasteiger partial charge is 0.475 e. The molecule has 0 amide bonds. The minimum atomic E-state index is -5.08. The van der Waals surface area contributed by atoms with Crippen molar-refractivity contribution in [2.45, 2.75) is 55.7 Å². The molecule has 2 aromatic heterocycles. The lowest BCUT2D eigenvalue weighted by Crippen LogP contribution is -2.41. The topological polar surface area (TPSA) is 215 Å². The zero-order valence-electron chi connectivity index (χ0n) is 32.5. The first-order chi connectivity index (χ1) is 29.2. The lowest BCUT2D eigenvalue weighted by Gasteiger charge is -2.33. The molecular weight excluding hydrogens is 909 g/mol. The van der Waals surface area contributed by atoms with Crippen molar-refractivity contribution in [1.29, 1.82) is 0 Å². The van der Waals surface area contributed by atoms with E-state index < -0.39 is 46.5 Å². The van der Waals surface area contributed by atoms with Gasteiger partial charge in [-0.1, -0.05) is 35.9 Å². The number of pyridine rings is 1. The quantitative estimate of drug-likeness (QED) is 0.118. The molecule has 4 aromatic rings. The van der Waals surface area contributed by atoms with Crippen molar-refractivity contribution in [2.24, 2.45) is 5.92 Å². The molecule has 4 heterocycles. The van der Waals surface area contributed by atoms with Gasteiger partial charge >= 0.3 is 36.4 Å². The molecule has 15 nitrogen and oxygen atoms in total. The second kappa shape index (κ2) is 22.0. The molecule has 2 aromatic carbocycles. The molecule has 2 aliphatic heterocycles. The van der Waals surface area contributed by atoms with E-state index in [4.69, 9.17) is 41.3 Å². The van der Waals surface area contributed by atoms with E-state index in [1.807, 2.05) is 12.3 Å². The minimum Gasteiger partial charge on any atom is -0.475 e. The summed E-state index contributed by atoms with van der Waals surface area (Å²) in [5.74, 6) is -6.85. The van der Waals surface area contributed by atoms with E-state index in [0.717, 1.165) is 55.7 Å². The third kappa shape index (κ3) is 16.8. The van der Waals surface area contributed by atoms with Crippen LogP contribution in [0.1, 0.15) is 29.5 Å². The molecule has 6 rings (SSSR count). The number of sulfonamides is 1. The fourth-order valence-corrected chi connectivity index (χ4v) is 7.34. The number of rotatable bonds is 6. The summed E-state index contributed by atoms with van der Waals surface area (Å²) < 4.78 is 123. The van der Waals surface area contributed by atoms with Crippen molar-refractivity contribution in [3.63, 3.8) is 0 Å². The van der Waals surface area contributed by atoms with Crippen LogP contribution in [-0.4, -0.2) is 111 Å². The Morgan fingerprint density at radius 2 is 1.35 bits per heavy atom. The van der Waals surface area contributed by atoms with Crippen LogP contribution in [-0.2, 0) is 43.8 Å². The summed E-state index contributed by atoms with van der Waals surface area (Å²) >= 11 is 6.42. The SMILES string of the molecule is CN(Cc1ccc2cc1CCc1cncc(c1)Nc1ncc(Cl)c(n1)N2)CC1CCN(S(=O)(=O)c2ccccc2)CC1.O=C(O)C(F)(F)F.O=C(O)C(F)(F)F.O=C(O)C(F)(F)F. The van der Waals surface area contributed by atoms with Crippen LogP contribution < -0.4 is 10.6 Å². The normalized spacial score (nSPS) is 14.5. The molecule has 0 radical (unpaired) electrons. The molecule has 1 fully saturated rings. The van der Waals surface area contributed by atoms with Crippen LogP contribution in [0.3, 0.4) is 0 Å². The van der Waals surface area contributed by atoms with Crippen LogP contribution >= 0.6 is 11.6 Å². The number of nitrogens with zero attached hydrogens (tertiary/aromatic N) is 5. The number of hydrogen-bond donors (Lipinski definition) is 5. The van der Waals surface area contributed by atoms with Crippen molar-refractivity contribution >= 4 is 62.7 Å². The van der Waals surface area contributed by atoms with Gasteiger partial charge in [0.15, 0.2) is 5.82 Å². The van der Waals surface area contributed by atoms with E-state index in [0.29, 0.717) is 40.7 Å². The van der Waals surface area contributed by atoms with Gasteiger partial charge in [0.25, 0.3) is 0 Å². The molecule has 63 heavy (non-hydrogen) atoms. The maximum atomic E-state index is 13.0. The highest BCUT2D eigenvalue weighted by atomic mass is 35.5. The fourth-order valence-electron chi connectivity index (χ4n) is 5.71. The second-order valence-electron chi connectivity index (χ2n) is 13.5. The number of benzene rings is 2. The summed E-state index contributed by atoms with van der Waals surface area (Å²) in [6, 6.07) is 17.2. The third-order valence-electron chi connectivity index (χ3n) is 8.64. The summed E-state index contributed by atoms with van der Waals surface area (Å²) in [4.78, 5) is 42.7. The van der Waals surface area contributed by atoms with Crippen molar-refractivity contribution in [3.05, 3.63) is 94.9 Å². The van der Waals surface area contributed by atoms with E-state index in [1.165, 1.54) is 11.1 Å². The molecule has 0 spiro atoms. The highest BCUT2D eigenvalue weighted by Crippen LogP contribution is 2.29. The van der Waals surface area contributed by atoms with E-state index >= 15 is 0 Å². The highest BCUT2D eigenvalue weighted by Gasteiger charge is 2.39. The number of anilines is 4. The molecule has 0 atom stereocenters. The maximum absolute atomic E-state index is 13.0. The number of carboxylic acids is 3. The first-order valence-corrected chi connectivity index (χ1v) is 19.7. The Morgan fingerprint density at radius 3 is 1.89 bits per heavy atom. The van der Waals surface area contributed by atoms with Gasteiger partial charge < -0.3 is 30.9 Å². The number of piperidine rings is 1. The summed E-state index contributed by atoms with van der Waals surface area (Å²) in [5.41, 5.74) is 5.38. The van der Waals surface area contributed by atoms with Crippen molar-refractivity contribution < 1.29 is 77.6 Å². The molecule has 0 aliphatic carbocycles. The van der Waals surface area contributed by atoms with Gasteiger partial charge in [0.2, 0.25) is 16.0 Å². The van der Waals surface area contributed by atoms with Gasteiger partial charge in [0.05, 0.1) is 23.0 Å². The molecule has 0 saturated carbocycles. The van der Waals surface area contributed by atoms with Gasteiger partial charge in [-0.15, -0.1) is 0 Å². The summed E-state index contributed by atoms with van der Waals surface area (Å²) in [5, 5.41) is 28.4. The Bertz CT molecular complexity index is 2240. The van der Waals surface area contributed by atoms with Crippen LogP contribution in [0.15, 0.2) is 78.1 Å². The molecule has 1 saturated heterocycles. The minimum absolute atomic E-state index is 0.369. The Labute approximate surface area is 357 Å². The van der Waals surface area contributed by atoms with Crippen LogP contribution in [0.5, 0.6) is 0 Å². The zero-order chi connectivity index (χ0) is 47.3. The molecule has 0 unspecified atom stereocenters. The standard InChI is InChI=1S/C31H34ClN7O2S.3C2HF3O2/c1-38(20-22-11-13-39(14-12-22)42(40,41)28-5-3-2-4-6-28)21-25-9-10-26-16-24(25)8-7-23-15-27(18-33-17-23)36-31-34-19-29(32)30(35-26)37-31;3*3-2(4,5)1(6)7/h2-6,9-10,15-19,22H,7-8,11-14,20-21H2,1H3,(H2,34,35,36,37);3*(H,6,7). The lowest BCUT2D eigenvalue weighted by atomic mass is 9.96. The number of fused-ring (bicyclic) bond motifs is 6. The van der Waals surface area contributed by atoms with Gasteiger partial charge in [-0.25, -0.2) is 27.8 Å².